The summed E-state index contributed by atoms with van der Waals surface area (Å²) in [7, 11) is 0. The first kappa shape index (κ1) is 15.8. The number of aliphatic hydroxyl groups excluding tert-OH is 1. The summed E-state index contributed by atoms with van der Waals surface area (Å²) >= 11 is 5.26. The van der Waals surface area contributed by atoms with Crippen molar-refractivity contribution in [3.8, 4) is 0 Å². The highest BCUT2D eigenvalue weighted by Gasteiger charge is 2.48. The summed E-state index contributed by atoms with van der Waals surface area (Å²) < 4.78 is 0. The van der Waals surface area contributed by atoms with Crippen molar-refractivity contribution in [1.82, 2.24) is 5.32 Å². The Labute approximate surface area is 116 Å². The minimum atomic E-state index is -0.931. The molecular formula is C11H19NO4S2. The van der Waals surface area contributed by atoms with Crippen molar-refractivity contribution in [1.29, 1.82) is 0 Å². The first-order chi connectivity index (χ1) is 8.31. The van der Waals surface area contributed by atoms with Gasteiger partial charge in [0.25, 0.3) is 0 Å². The van der Waals surface area contributed by atoms with E-state index in [1.165, 1.54) is 18.7 Å². The molecule has 5 nitrogen and oxygen atoms in total. The van der Waals surface area contributed by atoms with E-state index in [9.17, 15) is 14.7 Å². The van der Waals surface area contributed by atoms with E-state index in [2.05, 4.69) is 17.9 Å². The molecule has 1 fully saturated rings. The zero-order chi connectivity index (χ0) is 14.0. The van der Waals surface area contributed by atoms with E-state index >= 15 is 0 Å². The number of aliphatic carboxylic acids is 1. The number of thiol groups is 1. The molecule has 1 saturated heterocycles. The third kappa shape index (κ3) is 3.01. The van der Waals surface area contributed by atoms with Crippen molar-refractivity contribution in [2.45, 2.75) is 37.3 Å². The number of thioether (sulfide) groups is 1. The molecule has 18 heavy (non-hydrogen) atoms. The van der Waals surface area contributed by atoms with Gasteiger partial charge in [0.15, 0.2) is 5.12 Å². The van der Waals surface area contributed by atoms with Crippen LogP contribution in [-0.2, 0) is 9.59 Å². The molecule has 0 spiro atoms. The molecule has 0 unspecified atom stereocenters. The second-order valence-corrected chi connectivity index (χ2v) is 6.13. The summed E-state index contributed by atoms with van der Waals surface area (Å²) in [6.45, 7) is 3.42. The molecule has 1 aliphatic rings. The normalized spacial score (nSPS) is 35.2. The van der Waals surface area contributed by atoms with Crippen LogP contribution in [0.5, 0.6) is 0 Å². The smallest absolute Gasteiger partial charge is 0.321 e. The second kappa shape index (κ2) is 6.27. The van der Waals surface area contributed by atoms with Crippen molar-refractivity contribution in [2.24, 2.45) is 11.8 Å². The molecule has 7 heteroatoms. The van der Waals surface area contributed by atoms with Crippen LogP contribution in [0.2, 0.25) is 0 Å². The van der Waals surface area contributed by atoms with Gasteiger partial charge < -0.3 is 10.2 Å². The molecular weight excluding hydrogens is 274 g/mol. The van der Waals surface area contributed by atoms with Crippen molar-refractivity contribution < 1.29 is 19.8 Å². The van der Waals surface area contributed by atoms with Gasteiger partial charge in [-0.3, -0.25) is 14.9 Å². The average molecular weight is 293 g/mol. The minimum Gasteiger partial charge on any atom is -0.480 e. The number of hydrogen-bond acceptors (Lipinski definition) is 5. The number of carbonyl (C=O) groups is 2. The Bertz CT molecular complexity index is 337. The van der Waals surface area contributed by atoms with Gasteiger partial charge in [-0.05, 0) is 19.1 Å². The third-order valence-electron chi connectivity index (χ3n) is 3.52. The topological polar surface area (TPSA) is 86.6 Å². The van der Waals surface area contributed by atoms with Crippen LogP contribution in [0.15, 0.2) is 0 Å². The van der Waals surface area contributed by atoms with Gasteiger partial charge in [-0.25, -0.2) is 0 Å². The fourth-order valence-electron chi connectivity index (χ4n) is 2.62. The minimum absolute atomic E-state index is 0.0307. The summed E-state index contributed by atoms with van der Waals surface area (Å²) in [5.74, 6) is -1.65. The van der Waals surface area contributed by atoms with Crippen molar-refractivity contribution >= 4 is 35.5 Å². The fraction of sp³-hybridized carbons (Fsp3) is 0.818. The van der Waals surface area contributed by atoms with Gasteiger partial charge in [0.1, 0.15) is 6.04 Å². The van der Waals surface area contributed by atoms with Crippen LogP contribution in [0.1, 0.15) is 13.8 Å². The van der Waals surface area contributed by atoms with Crippen LogP contribution in [0.3, 0.4) is 0 Å². The van der Waals surface area contributed by atoms with Gasteiger partial charge in [-0.2, -0.15) is 11.8 Å². The first-order valence-corrected chi connectivity index (χ1v) is 7.47. The van der Waals surface area contributed by atoms with E-state index in [1.54, 1.807) is 0 Å². The van der Waals surface area contributed by atoms with E-state index in [4.69, 9.17) is 5.11 Å². The lowest BCUT2D eigenvalue weighted by Gasteiger charge is -2.27. The van der Waals surface area contributed by atoms with Gasteiger partial charge in [0.2, 0.25) is 0 Å². The van der Waals surface area contributed by atoms with Crippen LogP contribution in [0, 0.1) is 11.8 Å². The Balaban J connectivity index is 2.97. The molecule has 1 heterocycles. The van der Waals surface area contributed by atoms with Crippen molar-refractivity contribution in [3.05, 3.63) is 0 Å². The molecule has 0 aromatic heterocycles. The number of carboxylic acid groups (broad SMARTS) is 1. The monoisotopic (exact) mass is 293 g/mol. The fourth-order valence-corrected chi connectivity index (χ4v) is 4.06. The lowest BCUT2D eigenvalue weighted by atomic mass is 9.87. The Morgan fingerprint density at radius 3 is 2.28 bits per heavy atom. The van der Waals surface area contributed by atoms with Crippen LogP contribution in [0.25, 0.3) is 0 Å². The van der Waals surface area contributed by atoms with E-state index in [-0.39, 0.29) is 17.2 Å². The summed E-state index contributed by atoms with van der Waals surface area (Å²) in [4.78, 5) is 22.7. The number of hydrogen-bond donors (Lipinski definition) is 4. The Kier molecular flexibility index (Phi) is 5.51. The number of carbonyl (C=O) groups excluding carboxylic acids is 1. The molecule has 1 aliphatic heterocycles. The Morgan fingerprint density at radius 2 is 2.00 bits per heavy atom. The van der Waals surface area contributed by atoms with Crippen LogP contribution < -0.4 is 5.32 Å². The quantitative estimate of drug-likeness (QED) is 0.543. The number of nitrogens with one attached hydrogen (secondary N) is 1. The molecule has 0 aromatic carbocycles. The van der Waals surface area contributed by atoms with Crippen LogP contribution in [-0.4, -0.2) is 51.0 Å². The van der Waals surface area contributed by atoms with E-state index in [1.807, 2.05) is 13.2 Å². The highest BCUT2D eigenvalue weighted by Crippen LogP contribution is 2.35. The number of rotatable bonds is 5. The van der Waals surface area contributed by atoms with Gasteiger partial charge in [0, 0.05) is 11.3 Å². The molecule has 104 valence electrons. The number of aliphatic hydroxyl groups is 1. The SMILES string of the molecule is CS[C@@H]1[C@H](C)[C@H]([C@H](C(=O)S)[C@@H](C)O)N[C@H]1C(=O)O. The first-order valence-electron chi connectivity index (χ1n) is 5.73. The maximum Gasteiger partial charge on any atom is 0.321 e. The average Bonchev–Trinajstić information content (AvgIpc) is 2.55. The Morgan fingerprint density at radius 1 is 1.44 bits per heavy atom. The van der Waals surface area contributed by atoms with Crippen molar-refractivity contribution in [3.63, 3.8) is 0 Å². The zero-order valence-electron chi connectivity index (χ0n) is 10.5. The third-order valence-corrected chi connectivity index (χ3v) is 5.06. The predicted molar refractivity (Wildman–Crippen MR) is 74.0 cm³/mol. The molecule has 3 N–H and O–H groups in total. The van der Waals surface area contributed by atoms with Crippen LogP contribution in [0.4, 0.5) is 0 Å². The van der Waals surface area contributed by atoms with Gasteiger partial charge in [-0.1, -0.05) is 6.92 Å². The molecule has 0 bridgehead atoms. The van der Waals surface area contributed by atoms with E-state index in [0.717, 1.165) is 0 Å². The largest absolute Gasteiger partial charge is 0.480 e. The van der Waals surface area contributed by atoms with Gasteiger partial charge >= 0.3 is 5.97 Å². The Hall–Kier alpha value is -0.240. The molecule has 0 amide bonds. The number of carboxylic acids is 1. The second-order valence-electron chi connectivity index (χ2n) is 4.67. The molecule has 0 aliphatic carbocycles. The predicted octanol–water partition coefficient (Wildman–Crippen LogP) is 0.232. The molecule has 0 saturated carbocycles. The zero-order valence-corrected chi connectivity index (χ0v) is 12.2. The summed E-state index contributed by atoms with van der Waals surface area (Å²) in [5.41, 5.74) is 0. The highest BCUT2D eigenvalue weighted by atomic mass is 32.2. The van der Waals surface area contributed by atoms with Gasteiger partial charge in [0.05, 0.1) is 12.0 Å². The summed E-state index contributed by atoms with van der Waals surface area (Å²) in [5, 5.41) is 21.3. The van der Waals surface area contributed by atoms with Crippen molar-refractivity contribution in [2.75, 3.05) is 6.26 Å². The van der Waals surface area contributed by atoms with E-state index < -0.39 is 29.1 Å². The molecule has 0 aromatic rings. The molecule has 1 rings (SSSR count). The lowest BCUT2D eigenvalue weighted by Crippen LogP contribution is -2.46. The maximum absolute atomic E-state index is 11.5. The highest BCUT2D eigenvalue weighted by molar-refractivity contribution is 7.99. The van der Waals surface area contributed by atoms with E-state index in [0.29, 0.717) is 0 Å². The molecule has 0 radical (unpaired) electrons. The molecule has 6 atom stereocenters. The summed E-state index contributed by atoms with van der Waals surface area (Å²) in [6.07, 6.45) is 0.992. The van der Waals surface area contributed by atoms with Gasteiger partial charge in [-0.15, -0.1) is 12.6 Å². The standard InChI is InChI=1S/C11H19NO4S2/c1-4-7(6(5(2)13)11(16)17)12-8(10(14)15)9(4)18-3/h4-9,12-13H,1-3H3,(H,14,15)(H,16,17)/t4-,5-,6-,7-,8-,9-/m1/s1. The van der Waals surface area contributed by atoms with Crippen LogP contribution >= 0.6 is 24.4 Å². The maximum atomic E-state index is 11.5. The lowest BCUT2D eigenvalue weighted by molar-refractivity contribution is -0.139. The summed E-state index contributed by atoms with van der Waals surface area (Å²) in [6, 6.07) is -1.07.